The second kappa shape index (κ2) is 16.9. The van der Waals surface area contributed by atoms with Crippen LogP contribution in [0.25, 0.3) is 0 Å². The maximum Gasteiger partial charge on any atom is 0.415 e. The maximum absolute atomic E-state index is 13.9. The first-order valence-electron chi connectivity index (χ1n) is 18.1. The molecule has 3 aliphatic heterocycles. The number of aromatic nitrogens is 1. The summed E-state index contributed by atoms with van der Waals surface area (Å²) in [6.45, 7) is -0.235. The van der Waals surface area contributed by atoms with Crippen molar-refractivity contribution in [3.63, 3.8) is 0 Å². The first-order chi connectivity index (χ1) is 26.5. The first-order valence-corrected chi connectivity index (χ1v) is 18.8. The van der Waals surface area contributed by atoms with Gasteiger partial charge in [0, 0.05) is 18.5 Å². The summed E-state index contributed by atoms with van der Waals surface area (Å²) in [6, 6.07) is 17.2. The standard InChI is InChI=1S/C40H39Cl2F2N3O8/c41-30-20-46(51)21-31(42)29(30)18-35(27-10-11-34(54-39(43)44)36(17-27)52-23-24-8-9-24)53-38(49)28-5-3-4-25(16-28)19-47(32-6-1-2-7-33(32)48)40(50)55-37-22-45-14-12-26(37)13-15-45/h1-7,10-11,16-17,20-21,24,26,35,37,39,48H,8-9,12-15,18-19,22-23H2/t35?,37-/m0/s1. The van der Waals surface area contributed by atoms with Crippen molar-refractivity contribution in [2.75, 3.05) is 31.1 Å². The van der Waals surface area contributed by atoms with E-state index >= 15 is 0 Å². The number of rotatable bonds is 14. The van der Waals surface area contributed by atoms with E-state index < -0.39 is 24.8 Å². The molecule has 1 saturated carbocycles. The van der Waals surface area contributed by atoms with E-state index in [4.69, 9.17) is 42.1 Å². The normalized spacial score (nSPS) is 19.5. The third-order valence-corrected chi connectivity index (χ3v) is 10.8. The zero-order valence-electron chi connectivity index (χ0n) is 29.6. The number of carbonyl (C=O) groups excluding carboxylic acids is 2. The Balaban J connectivity index is 1.15. The maximum atomic E-state index is 13.9. The molecule has 290 valence electrons. The van der Waals surface area contributed by atoms with Crippen LogP contribution in [-0.2, 0) is 22.4 Å². The molecule has 0 spiro atoms. The van der Waals surface area contributed by atoms with Crippen molar-refractivity contribution in [2.45, 2.75) is 57.5 Å². The van der Waals surface area contributed by atoms with E-state index in [9.17, 15) is 28.7 Å². The Labute approximate surface area is 326 Å². The molecule has 11 nitrogen and oxygen atoms in total. The molecule has 4 aliphatic rings. The van der Waals surface area contributed by atoms with Crippen LogP contribution in [0.3, 0.4) is 0 Å². The summed E-state index contributed by atoms with van der Waals surface area (Å²) in [7, 11) is 0. The van der Waals surface area contributed by atoms with Crippen molar-refractivity contribution in [2.24, 2.45) is 11.8 Å². The van der Waals surface area contributed by atoms with Crippen LogP contribution in [0, 0.1) is 17.0 Å². The van der Waals surface area contributed by atoms with Crippen molar-refractivity contribution in [1.82, 2.24) is 4.90 Å². The molecule has 0 radical (unpaired) electrons. The van der Waals surface area contributed by atoms with Crippen molar-refractivity contribution in [3.8, 4) is 17.2 Å². The zero-order valence-corrected chi connectivity index (χ0v) is 31.1. The third-order valence-electron chi connectivity index (χ3n) is 10.2. The molecular weight excluding hydrogens is 759 g/mol. The number of phenols is 1. The minimum absolute atomic E-state index is 0.0304. The van der Waals surface area contributed by atoms with Gasteiger partial charge in [-0.3, -0.25) is 9.80 Å². The number of pyridine rings is 1. The third kappa shape index (κ3) is 9.52. The van der Waals surface area contributed by atoms with Gasteiger partial charge >= 0.3 is 18.7 Å². The SMILES string of the molecule is O=C(OC(Cc1c(Cl)c[n+]([O-])cc1Cl)c1ccc(OC(F)F)c(OCC2CC2)c1)c1cccc(CN(C(=O)O[C@H]2CN3CCC2CC3)c2ccccc2O)c1. The number of ether oxygens (including phenoxy) is 4. The van der Waals surface area contributed by atoms with Crippen LogP contribution in [0.4, 0.5) is 19.3 Å². The molecule has 4 heterocycles. The topological polar surface area (TPSA) is 125 Å². The Morgan fingerprint density at radius 1 is 0.964 bits per heavy atom. The van der Waals surface area contributed by atoms with Gasteiger partial charge in [0.05, 0.1) is 24.4 Å². The van der Waals surface area contributed by atoms with Crippen LogP contribution in [-0.4, -0.2) is 61.0 Å². The molecule has 55 heavy (non-hydrogen) atoms. The lowest BCUT2D eigenvalue weighted by atomic mass is 9.86. The van der Waals surface area contributed by atoms with E-state index in [-0.39, 0.29) is 63.5 Å². The number of aromatic hydroxyl groups is 1. The number of amides is 1. The fourth-order valence-corrected chi connectivity index (χ4v) is 7.61. The van der Waals surface area contributed by atoms with Crippen LogP contribution in [0.2, 0.25) is 10.0 Å². The number of anilines is 1. The summed E-state index contributed by atoms with van der Waals surface area (Å²) in [5.41, 5.74) is 1.60. The summed E-state index contributed by atoms with van der Waals surface area (Å²) in [5, 5.41) is 22.8. The van der Waals surface area contributed by atoms with Gasteiger partial charge in [-0.25, -0.2) is 9.59 Å². The van der Waals surface area contributed by atoms with E-state index in [2.05, 4.69) is 4.90 Å². The average Bonchev–Trinajstić information content (AvgIpc) is 4.00. The molecule has 4 fully saturated rings. The molecule has 1 aromatic heterocycles. The molecule has 1 unspecified atom stereocenters. The van der Waals surface area contributed by atoms with Gasteiger partial charge in [0.25, 0.3) is 0 Å². The number of piperidine rings is 3. The number of para-hydroxylation sites is 2. The molecule has 8 rings (SSSR count). The van der Waals surface area contributed by atoms with Gasteiger partial charge in [-0.2, -0.15) is 13.5 Å². The van der Waals surface area contributed by atoms with Gasteiger partial charge in [0.2, 0.25) is 0 Å². The van der Waals surface area contributed by atoms with Crippen LogP contribution >= 0.6 is 23.2 Å². The van der Waals surface area contributed by atoms with Gasteiger partial charge in [0.15, 0.2) is 23.9 Å². The molecule has 3 saturated heterocycles. The fraction of sp³-hybridized carbons (Fsp3) is 0.375. The van der Waals surface area contributed by atoms with Crippen LogP contribution in [0.15, 0.2) is 79.1 Å². The lowest BCUT2D eigenvalue weighted by Crippen LogP contribution is -2.53. The predicted octanol–water partition coefficient (Wildman–Crippen LogP) is 8.10. The van der Waals surface area contributed by atoms with E-state index in [0.29, 0.717) is 40.5 Å². The Morgan fingerprint density at radius 2 is 1.71 bits per heavy atom. The van der Waals surface area contributed by atoms with Crippen LogP contribution in [0.5, 0.6) is 17.2 Å². The van der Waals surface area contributed by atoms with Gasteiger partial charge < -0.3 is 29.3 Å². The highest BCUT2D eigenvalue weighted by Crippen LogP contribution is 2.39. The van der Waals surface area contributed by atoms with E-state index in [1.807, 2.05) is 0 Å². The quantitative estimate of drug-likeness (QED) is 0.0766. The Bertz CT molecular complexity index is 2010. The van der Waals surface area contributed by atoms with Gasteiger partial charge in [-0.05, 0) is 98.1 Å². The molecule has 1 aliphatic carbocycles. The number of alkyl halides is 2. The number of fused-ring (bicyclic) bond motifs is 3. The molecule has 4 aromatic rings. The van der Waals surface area contributed by atoms with E-state index in [0.717, 1.165) is 51.2 Å². The highest BCUT2D eigenvalue weighted by atomic mass is 35.5. The number of benzene rings is 3. The highest BCUT2D eigenvalue weighted by Gasteiger charge is 2.38. The summed E-state index contributed by atoms with van der Waals surface area (Å²) < 4.78 is 49.8. The fourth-order valence-electron chi connectivity index (χ4n) is 7.02. The summed E-state index contributed by atoms with van der Waals surface area (Å²) in [6.07, 6.45) is 3.97. The number of carbonyl (C=O) groups is 2. The number of nitrogens with zero attached hydrogens (tertiary/aromatic N) is 3. The highest BCUT2D eigenvalue weighted by molar-refractivity contribution is 6.35. The van der Waals surface area contributed by atoms with Crippen molar-refractivity contribution < 1.29 is 47.2 Å². The summed E-state index contributed by atoms with van der Waals surface area (Å²) >= 11 is 12.9. The van der Waals surface area contributed by atoms with Crippen molar-refractivity contribution in [1.29, 1.82) is 0 Å². The molecular formula is C40H39Cl2F2N3O8. The Hall–Kier alpha value is -4.85. The molecule has 3 aromatic carbocycles. The lowest BCUT2D eigenvalue weighted by Gasteiger charge is -2.44. The van der Waals surface area contributed by atoms with E-state index in [1.165, 1.54) is 29.2 Å². The number of phenolic OH excluding ortho intramolecular Hbond substituents is 1. The molecule has 1 N–H and O–H groups in total. The largest absolute Gasteiger partial charge is 0.619 e. The molecule has 2 bridgehead atoms. The Morgan fingerprint density at radius 3 is 2.38 bits per heavy atom. The number of esters is 1. The smallest absolute Gasteiger partial charge is 0.415 e. The number of halogens is 4. The molecule has 15 heteroatoms. The van der Waals surface area contributed by atoms with Crippen molar-refractivity contribution in [3.05, 3.63) is 117 Å². The minimum Gasteiger partial charge on any atom is -0.619 e. The second-order valence-electron chi connectivity index (χ2n) is 14.1. The lowest BCUT2D eigenvalue weighted by molar-refractivity contribution is -0.605. The predicted molar refractivity (Wildman–Crippen MR) is 199 cm³/mol. The molecule has 2 atom stereocenters. The van der Waals surface area contributed by atoms with Crippen molar-refractivity contribution >= 4 is 41.0 Å². The van der Waals surface area contributed by atoms with Gasteiger partial charge in [0.1, 0.15) is 28.0 Å². The van der Waals surface area contributed by atoms with Gasteiger partial charge in [-0.1, -0.05) is 53.5 Å². The number of hydrogen-bond donors (Lipinski definition) is 1. The zero-order chi connectivity index (χ0) is 38.6. The average molecular weight is 799 g/mol. The minimum atomic E-state index is -3.10. The van der Waals surface area contributed by atoms with Crippen LogP contribution < -0.4 is 19.1 Å². The Kier molecular flexibility index (Phi) is 11.8. The van der Waals surface area contributed by atoms with Crippen LogP contribution in [0.1, 0.15) is 58.8 Å². The van der Waals surface area contributed by atoms with Gasteiger partial charge in [-0.15, -0.1) is 0 Å². The second-order valence-corrected chi connectivity index (χ2v) is 14.9. The van der Waals surface area contributed by atoms with E-state index in [1.54, 1.807) is 42.5 Å². The molecule has 1 amide bonds. The summed E-state index contributed by atoms with van der Waals surface area (Å²) in [4.78, 5) is 31.4. The summed E-state index contributed by atoms with van der Waals surface area (Å²) in [5.74, 6) is -0.439. The monoisotopic (exact) mass is 797 g/mol. The first kappa shape index (κ1) is 38.4. The number of hydrogen-bond acceptors (Lipinski definition) is 9.